The number of nitrogens with zero attached hydrogens (tertiary/aromatic N) is 1. The molecule has 2 amide bonds. The lowest BCUT2D eigenvalue weighted by molar-refractivity contribution is -0.122. The van der Waals surface area contributed by atoms with E-state index in [0.717, 1.165) is 0 Å². The summed E-state index contributed by atoms with van der Waals surface area (Å²) < 4.78 is 4.98. The van der Waals surface area contributed by atoms with Crippen molar-refractivity contribution in [2.24, 2.45) is 0 Å². The van der Waals surface area contributed by atoms with Crippen LogP contribution in [-0.2, 0) is 9.59 Å². The highest BCUT2D eigenvalue weighted by Crippen LogP contribution is 2.28. The van der Waals surface area contributed by atoms with Gasteiger partial charge in [0.1, 0.15) is 5.57 Å². The standard InChI is InChI=1S/C18H13ClN2O4S/c1-25-15-6-5-10(8-14(15)22)7-13-16(23)20-18(26)21(17(13)24)12-4-2-3-11(19)9-12/h2-9,22H,1H3,(H,20,23,26)/b13-7-. The Kier molecular flexibility index (Phi) is 4.92. The van der Waals surface area contributed by atoms with Crippen molar-refractivity contribution in [2.45, 2.75) is 0 Å². The van der Waals surface area contributed by atoms with Crippen LogP contribution >= 0.6 is 23.8 Å². The number of rotatable bonds is 3. The minimum Gasteiger partial charge on any atom is -0.504 e. The monoisotopic (exact) mass is 388 g/mol. The first-order chi connectivity index (χ1) is 12.4. The number of phenolic OH excluding ortho intramolecular Hbond substituents is 1. The Balaban J connectivity index is 2.01. The van der Waals surface area contributed by atoms with Gasteiger partial charge in [-0.15, -0.1) is 0 Å². The van der Waals surface area contributed by atoms with Gasteiger partial charge in [0.05, 0.1) is 12.8 Å². The molecule has 0 bridgehead atoms. The largest absolute Gasteiger partial charge is 0.504 e. The lowest BCUT2D eigenvalue weighted by Crippen LogP contribution is -2.54. The predicted molar refractivity (Wildman–Crippen MR) is 102 cm³/mol. The molecule has 1 aliphatic heterocycles. The van der Waals surface area contributed by atoms with E-state index in [1.807, 2.05) is 0 Å². The predicted octanol–water partition coefficient (Wildman–Crippen LogP) is 2.89. The van der Waals surface area contributed by atoms with E-state index in [0.29, 0.717) is 16.3 Å². The van der Waals surface area contributed by atoms with E-state index in [1.165, 1.54) is 30.2 Å². The Morgan fingerprint density at radius 3 is 2.65 bits per heavy atom. The zero-order chi connectivity index (χ0) is 18.8. The van der Waals surface area contributed by atoms with Gasteiger partial charge >= 0.3 is 0 Å². The summed E-state index contributed by atoms with van der Waals surface area (Å²) in [6.07, 6.45) is 1.37. The van der Waals surface area contributed by atoms with Crippen molar-refractivity contribution in [3.63, 3.8) is 0 Å². The Morgan fingerprint density at radius 1 is 1.23 bits per heavy atom. The first-order valence-electron chi connectivity index (χ1n) is 7.44. The molecule has 6 nitrogen and oxygen atoms in total. The van der Waals surface area contributed by atoms with Crippen LogP contribution in [0.15, 0.2) is 48.0 Å². The number of halogens is 1. The summed E-state index contributed by atoms with van der Waals surface area (Å²) in [5.74, 6) is -1.02. The molecule has 132 valence electrons. The van der Waals surface area contributed by atoms with Crippen molar-refractivity contribution < 1.29 is 19.4 Å². The molecular formula is C18H13ClN2O4S. The lowest BCUT2D eigenvalue weighted by Gasteiger charge is -2.29. The number of carbonyl (C=O) groups excluding carboxylic acids is 2. The molecule has 2 aromatic rings. The molecule has 3 rings (SSSR count). The first kappa shape index (κ1) is 17.9. The first-order valence-corrected chi connectivity index (χ1v) is 8.23. The number of hydrogen-bond acceptors (Lipinski definition) is 5. The van der Waals surface area contributed by atoms with E-state index in [-0.39, 0.29) is 22.2 Å². The van der Waals surface area contributed by atoms with Crippen LogP contribution < -0.4 is 15.0 Å². The molecule has 1 heterocycles. The lowest BCUT2D eigenvalue weighted by atomic mass is 10.1. The molecule has 0 aliphatic carbocycles. The summed E-state index contributed by atoms with van der Waals surface area (Å²) in [6.45, 7) is 0. The average Bonchev–Trinajstić information content (AvgIpc) is 2.58. The number of thiocarbonyl (C=S) groups is 1. The second-order valence-electron chi connectivity index (χ2n) is 5.37. The maximum absolute atomic E-state index is 12.8. The fraction of sp³-hybridized carbons (Fsp3) is 0.0556. The van der Waals surface area contributed by atoms with Gasteiger partial charge in [-0.05, 0) is 54.2 Å². The van der Waals surface area contributed by atoms with Crippen LogP contribution in [0.2, 0.25) is 5.02 Å². The van der Waals surface area contributed by atoms with Gasteiger partial charge in [-0.3, -0.25) is 19.8 Å². The number of methoxy groups -OCH3 is 1. The third-order valence-electron chi connectivity index (χ3n) is 3.68. The second kappa shape index (κ2) is 7.15. The summed E-state index contributed by atoms with van der Waals surface area (Å²) in [5.41, 5.74) is 0.778. The normalized spacial score (nSPS) is 16.0. The molecule has 0 radical (unpaired) electrons. The van der Waals surface area contributed by atoms with Crippen LogP contribution in [-0.4, -0.2) is 29.1 Å². The minimum absolute atomic E-state index is 0.0306. The Hall–Kier alpha value is -2.90. The van der Waals surface area contributed by atoms with Crippen LogP contribution in [0.1, 0.15) is 5.56 Å². The SMILES string of the molecule is COc1ccc(/C=C2/C(=O)NC(=S)N(c3cccc(Cl)c3)C2=O)cc1O. The smallest absolute Gasteiger partial charge is 0.270 e. The number of phenols is 1. The fourth-order valence-corrected chi connectivity index (χ4v) is 2.94. The second-order valence-corrected chi connectivity index (χ2v) is 6.19. The number of hydrogen-bond donors (Lipinski definition) is 2. The minimum atomic E-state index is -0.617. The summed E-state index contributed by atoms with van der Waals surface area (Å²) in [4.78, 5) is 26.3. The highest BCUT2D eigenvalue weighted by atomic mass is 35.5. The van der Waals surface area contributed by atoms with E-state index in [2.05, 4.69) is 5.32 Å². The molecule has 0 aromatic heterocycles. The number of benzene rings is 2. The van der Waals surface area contributed by atoms with E-state index < -0.39 is 11.8 Å². The van der Waals surface area contributed by atoms with Crippen molar-refractivity contribution in [3.05, 3.63) is 58.6 Å². The van der Waals surface area contributed by atoms with E-state index >= 15 is 0 Å². The molecule has 1 aliphatic rings. The Labute approximate surface area is 159 Å². The average molecular weight is 389 g/mol. The van der Waals surface area contributed by atoms with E-state index in [4.69, 9.17) is 28.6 Å². The molecule has 1 fully saturated rings. The molecule has 0 saturated carbocycles. The van der Waals surface area contributed by atoms with Crippen LogP contribution in [0, 0.1) is 0 Å². The van der Waals surface area contributed by atoms with Crippen LogP contribution in [0.4, 0.5) is 5.69 Å². The molecular weight excluding hydrogens is 376 g/mol. The summed E-state index contributed by atoms with van der Waals surface area (Å²) in [6, 6.07) is 11.1. The zero-order valence-corrected chi connectivity index (χ0v) is 15.1. The van der Waals surface area contributed by atoms with Crippen molar-refractivity contribution in [1.29, 1.82) is 0 Å². The molecule has 0 unspecified atom stereocenters. The Morgan fingerprint density at radius 2 is 2.00 bits per heavy atom. The molecule has 8 heteroatoms. The third-order valence-corrected chi connectivity index (χ3v) is 4.20. The van der Waals surface area contributed by atoms with Crippen molar-refractivity contribution in [1.82, 2.24) is 5.32 Å². The molecule has 26 heavy (non-hydrogen) atoms. The highest BCUT2D eigenvalue weighted by Gasteiger charge is 2.34. The summed E-state index contributed by atoms with van der Waals surface area (Å²) in [5, 5.41) is 12.8. The maximum Gasteiger partial charge on any atom is 0.270 e. The summed E-state index contributed by atoms with van der Waals surface area (Å²) >= 11 is 11.1. The van der Waals surface area contributed by atoms with Gasteiger partial charge in [0.2, 0.25) is 0 Å². The molecule has 0 atom stereocenters. The molecule has 2 aromatic carbocycles. The van der Waals surface area contributed by atoms with E-state index in [9.17, 15) is 14.7 Å². The summed E-state index contributed by atoms with van der Waals surface area (Å²) in [7, 11) is 1.43. The van der Waals surface area contributed by atoms with Crippen molar-refractivity contribution in [3.8, 4) is 11.5 Å². The van der Waals surface area contributed by atoms with Crippen LogP contribution in [0.25, 0.3) is 6.08 Å². The molecule has 2 N–H and O–H groups in total. The van der Waals surface area contributed by atoms with Gasteiger partial charge in [-0.1, -0.05) is 23.7 Å². The van der Waals surface area contributed by atoms with Gasteiger partial charge in [0, 0.05) is 5.02 Å². The van der Waals surface area contributed by atoms with Gasteiger partial charge in [-0.25, -0.2) is 0 Å². The van der Waals surface area contributed by atoms with Gasteiger partial charge in [-0.2, -0.15) is 0 Å². The van der Waals surface area contributed by atoms with Crippen molar-refractivity contribution >= 4 is 52.5 Å². The maximum atomic E-state index is 12.8. The number of amides is 2. The quantitative estimate of drug-likeness (QED) is 0.480. The fourth-order valence-electron chi connectivity index (χ4n) is 2.47. The number of anilines is 1. The van der Waals surface area contributed by atoms with Gasteiger partial charge < -0.3 is 9.84 Å². The molecule has 1 saturated heterocycles. The van der Waals surface area contributed by atoms with Crippen LogP contribution in [0.5, 0.6) is 11.5 Å². The third kappa shape index (κ3) is 3.40. The zero-order valence-electron chi connectivity index (χ0n) is 13.5. The van der Waals surface area contributed by atoms with Gasteiger partial charge in [0.25, 0.3) is 11.8 Å². The number of nitrogens with one attached hydrogen (secondary N) is 1. The molecule has 0 spiro atoms. The highest BCUT2D eigenvalue weighted by molar-refractivity contribution is 7.80. The number of ether oxygens (including phenoxy) is 1. The van der Waals surface area contributed by atoms with Crippen LogP contribution in [0.3, 0.4) is 0 Å². The van der Waals surface area contributed by atoms with Crippen molar-refractivity contribution in [2.75, 3.05) is 12.0 Å². The Bertz CT molecular complexity index is 958. The number of carbonyl (C=O) groups is 2. The number of aromatic hydroxyl groups is 1. The topological polar surface area (TPSA) is 78.9 Å². The van der Waals surface area contributed by atoms with E-state index in [1.54, 1.807) is 30.3 Å². The van der Waals surface area contributed by atoms with Gasteiger partial charge in [0.15, 0.2) is 16.6 Å².